The summed E-state index contributed by atoms with van der Waals surface area (Å²) < 4.78 is 33.4. The number of aliphatic hydroxyl groups excluding tert-OH is 7. The lowest BCUT2D eigenvalue weighted by Gasteiger charge is -2.42. The van der Waals surface area contributed by atoms with Gasteiger partial charge in [0.2, 0.25) is 0 Å². The van der Waals surface area contributed by atoms with E-state index < -0.39 is 92.7 Å². The van der Waals surface area contributed by atoms with Crippen molar-refractivity contribution >= 4 is 11.9 Å². The monoisotopic (exact) mass is 879 g/mol. The van der Waals surface area contributed by atoms with Crippen LogP contribution in [-0.4, -0.2) is 142 Å². The van der Waals surface area contributed by atoms with E-state index in [1.54, 1.807) is 0 Å². The highest BCUT2D eigenvalue weighted by atomic mass is 16.7. The lowest BCUT2D eigenvalue weighted by molar-refractivity contribution is -0.332. The number of unbranched alkanes of at least 4 members (excludes halogenated alkanes) is 23. The summed E-state index contributed by atoms with van der Waals surface area (Å²) >= 11 is 0. The number of esters is 2. The van der Waals surface area contributed by atoms with Gasteiger partial charge in [-0.2, -0.15) is 0 Å². The Morgan fingerprint density at radius 3 is 1.28 bits per heavy atom. The van der Waals surface area contributed by atoms with Gasteiger partial charge in [-0.3, -0.25) is 9.59 Å². The molecule has 0 aromatic heterocycles. The molecule has 15 nitrogen and oxygen atoms in total. The second-order valence-corrected chi connectivity index (χ2v) is 17.3. The minimum absolute atomic E-state index is 0.173. The van der Waals surface area contributed by atoms with Gasteiger partial charge in [0.25, 0.3) is 0 Å². The van der Waals surface area contributed by atoms with E-state index in [9.17, 15) is 45.3 Å². The molecule has 0 amide bonds. The molecule has 0 aromatic rings. The molecular formula is C46H86O15. The number of carbonyl (C=O) groups is 2. The lowest BCUT2D eigenvalue weighted by Crippen LogP contribution is -2.61. The molecule has 2 fully saturated rings. The molecule has 15 heteroatoms. The van der Waals surface area contributed by atoms with Crippen molar-refractivity contribution in [1.29, 1.82) is 0 Å². The van der Waals surface area contributed by atoms with Crippen molar-refractivity contribution < 1.29 is 73.8 Å². The smallest absolute Gasteiger partial charge is 0.306 e. The van der Waals surface area contributed by atoms with Crippen molar-refractivity contribution in [2.75, 3.05) is 26.4 Å². The fourth-order valence-electron chi connectivity index (χ4n) is 7.81. The molecule has 0 spiro atoms. The van der Waals surface area contributed by atoms with E-state index in [2.05, 4.69) is 13.8 Å². The first-order valence-electron chi connectivity index (χ1n) is 24.1. The van der Waals surface area contributed by atoms with E-state index in [-0.39, 0.29) is 26.1 Å². The molecule has 2 aliphatic heterocycles. The van der Waals surface area contributed by atoms with Crippen LogP contribution in [0.4, 0.5) is 0 Å². The fourth-order valence-corrected chi connectivity index (χ4v) is 7.81. The Bertz CT molecular complexity index is 1080. The SMILES string of the molecule is CCCCCCCCCCCCCCCCCCCCC(=O)OC(COC(=O)CCCCCCCCC)COC1OC(COC2OC(CO)C(O)C(O)C2O)C(O)C(O)C1O. The van der Waals surface area contributed by atoms with Crippen LogP contribution in [0.5, 0.6) is 0 Å². The summed E-state index contributed by atoms with van der Waals surface area (Å²) in [4.78, 5) is 25.5. The molecule has 11 unspecified atom stereocenters. The van der Waals surface area contributed by atoms with Gasteiger partial charge in [-0.1, -0.05) is 162 Å². The molecule has 0 radical (unpaired) electrons. The third kappa shape index (κ3) is 23.8. The fraction of sp³-hybridized carbons (Fsp3) is 0.957. The lowest BCUT2D eigenvalue weighted by atomic mass is 9.98. The number of aliphatic hydroxyl groups is 7. The van der Waals surface area contributed by atoms with Gasteiger partial charge < -0.3 is 64.2 Å². The van der Waals surface area contributed by atoms with E-state index in [1.807, 2.05) is 0 Å². The Balaban J connectivity index is 1.78. The number of rotatable bonds is 37. The van der Waals surface area contributed by atoms with Crippen LogP contribution in [-0.2, 0) is 38.0 Å². The predicted molar refractivity (Wildman–Crippen MR) is 229 cm³/mol. The highest BCUT2D eigenvalue weighted by Gasteiger charge is 2.47. The van der Waals surface area contributed by atoms with E-state index >= 15 is 0 Å². The maximum absolute atomic E-state index is 12.9. The van der Waals surface area contributed by atoms with Crippen LogP contribution in [0.15, 0.2) is 0 Å². The van der Waals surface area contributed by atoms with Crippen molar-refractivity contribution in [3.05, 3.63) is 0 Å². The molecule has 2 rings (SSSR count). The highest BCUT2D eigenvalue weighted by Crippen LogP contribution is 2.26. The van der Waals surface area contributed by atoms with E-state index in [0.29, 0.717) is 12.8 Å². The molecule has 0 saturated carbocycles. The van der Waals surface area contributed by atoms with Crippen LogP contribution in [0.2, 0.25) is 0 Å². The Morgan fingerprint density at radius 2 is 0.836 bits per heavy atom. The molecule has 0 bridgehead atoms. The van der Waals surface area contributed by atoms with Crippen LogP contribution in [0.1, 0.15) is 187 Å². The van der Waals surface area contributed by atoms with Crippen molar-refractivity contribution in [2.45, 2.75) is 255 Å². The first kappa shape index (κ1) is 55.6. The Labute approximate surface area is 366 Å². The second kappa shape index (κ2) is 34.8. The molecule has 360 valence electrons. The average molecular weight is 879 g/mol. The Kier molecular flexibility index (Phi) is 31.8. The van der Waals surface area contributed by atoms with E-state index in [1.165, 1.54) is 103 Å². The summed E-state index contributed by atoms with van der Waals surface area (Å²) in [5.74, 6) is -0.921. The highest BCUT2D eigenvalue weighted by molar-refractivity contribution is 5.70. The van der Waals surface area contributed by atoms with Crippen molar-refractivity contribution in [3.63, 3.8) is 0 Å². The second-order valence-electron chi connectivity index (χ2n) is 17.3. The summed E-state index contributed by atoms with van der Waals surface area (Å²) in [6, 6.07) is 0. The van der Waals surface area contributed by atoms with Gasteiger partial charge in [0.05, 0.1) is 19.8 Å². The topological polar surface area (TPSA) is 231 Å². The number of hydrogen-bond donors (Lipinski definition) is 7. The van der Waals surface area contributed by atoms with Crippen LogP contribution in [0.25, 0.3) is 0 Å². The molecule has 2 heterocycles. The molecule has 0 aromatic carbocycles. The van der Waals surface area contributed by atoms with Crippen LogP contribution in [0, 0.1) is 0 Å². The molecule has 11 atom stereocenters. The standard InChI is InChI=1S/C46H86O15/c1-3-5-7-9-11-12-13-14-15-16-17-18-19-20-21-23-25-27-29-38(49)59-34(31-56-37(48)28-26-24-22-10-8-6-4-2)32-57-45-44(55)42(53)40(51)36(61-45)33-58-46-43(54)41(52)39(50)35(30-47)60-46/h34-36,39-47,50-55H,3-33H2,1-2H3. The minimum Gasteiger partial charge on any atom is -0.462 e. The first-order valence-corrected chi connectivity index (χ1v) is 24.1. The molecular weight excluding hydrogens is 792 g/mol. The summed E-state index contributed by atoms with van der Waals surface area (Å²) in [6.45, 7) is 2.55. The summed E-state index contributed by atoms with van der Waals surface area (Å²) in [6.07, 6.45) is 13.1. The third-order valence-corrected chi connectivity index (χ3v) is 11.8. The molecule has 61 heavy (non-hydrogen) atoms. The van der Waals surface area contributed by atoms with Crippen molar-refractivity contribution in [3.8, 4) is 0 Å². The molecule has 2 saturated heterocycles. The number of hydrogen-bond acceptors (Lipinski definition) is 15. The van der Waals surface area contributed by atoms with E-state index in [0.717, 1.165) is 44.9 Å². The van der Waals surface area contributed by atoms with Gasteiger partial charge >= 0.3 is 11.9 Å². The zero-order valence-electron chi connectivity index (χ0n) is 37.7. The summed E-state index contributed by atoms with van der Waals surface area (Å²) in [5.41, 5.74) is 0. The van der Waals surface area contributed by atoms with Crippen molar-refractivity contribution in [1.82, 2.24) is 0 Å². The van der Waals surface area contributed by atoms with Gasteiger partial charge in [-0.05, 0) is 12.8 Å². The van der Waals surface area contributed by atoms with E-state index in [4.69, 9.17) is 28.4 Å². The van der Waals surface area contributed by atoms with Crippen LogP contribution < -0.4 is 0 Å². The quantitative estimate of drug-likeness (QED) is 0.0295. The molecule has 7 N–H and O–H groups in total. The number of carbonyl (C=O) groups excluding carboxylic acids is 2. The average Bonchev–Trinajstić information content (AvgIpc) is 3.25. The predicted octanol–water partition coefficient (Wildman–Crippen LogP) is 5.65. The minimum atomic E-state index is -1.76. The molecule has 0 aliphatic carbocycles. The van der Waals surface area contributed by atoms with Gasteiger partial charge in [-0.15, -0.1) is 0 Å². The third-order valence-electron chi connectivity index (χ3n) is 11.8. The molecule has 2 aliphatic rings. The maximum atomic E-state index is 12.9. The summed E-state index contributed by atoms with van der Waals surface area (Å²) in [5, 5.41) is 71.8. The summed E-state index contributed by atoms with van der Waals surface area (Å²) in [7, 11) is 0. The van der Waals surface area contributed by atoms with Gasteiger partial charge in [0.15, 0.2) is 18.7 Å². The zero-order chi connectivity index (χ0) is 44.7. The van der Waals surface area contributed by atoms with Gasteiger partial charge in [0, 0.05) is 12.8 Å². The Hall–Kier alpha value is -1.50. The first-order chi connectivity index (χ1) is 29.5. The largest absolute Gasteiger partial charge is 0.462 e. The zero-order valence-corrected chi connectivity index (χ0v) is 37.7. The van der Waals surface area contributed by atoms with Crippen LogP contribution in [0.3, 0.4) is 0 Å². The normalized spacial score (nSPS) is 27.2. The Morgan fingerprint density at radius 1 is 0.459 bits per heavy atom. The maximum Gasteiger partial charge on any atom is 0.306 e. The van der Waals surface area contributed by atoms with Gasteiger partial charge in [-0.25, -0.2) is 0 Å². The number of ether oxygens (including phenoxy) is 6. The van der Waals surface area contributed by atoms with Gasteiger partial charge in [0.1, 0.15) is 55.4 Å². The van der Waals surface area contributed by atoms with Crippen molar-refractivity contribution in [2.24, 2.45) is 0 Å². The van der Waals surface area contributed by atoms with Crippen LogP contribution >= 0.6 is 0 Å².